The second-order valence-corrected chi connectivity index (χ2v) is 5.31. The summed E-state index contributed by atoms with van der Waals surface area (Å²) in [4.78, 5) is 4.93. The fourth-order valence-corrected chi connectivity index (χ4v) is 2.46. The Balaban J connectivity index is 2.19. The van der Waals surface area contributed by atoms with Gasteiger partial charge in [-0.2, -0.15) is 0 Å². The molecule has 0 bridgehead atoms. The molecule has 0 aromatic rings. The van der Waals surface area contributed by atoms with Crippen LogP contribution in [0.25, 0.3) is 0 Å². The fraction of sp³-hybridized carbons (Fsp3) is 1.00. The van der Waals surface area contributed by atoms with Gasteiger partial charge >= 0.3 is 0 Å². The van der Waals surface area contributed by atoms with Gasteiger partial charge in [-0.15, -0.1) is 0 Å². The quantitative estimate of drug-likeness (QED) is 0.740. The Morgan fingerprint density at radius 2 is 1.94 bits per heavy atom. The Kier molecular flexibility index (Phi) is 6.32. The number of likely N-dealkylation sites (tertiary alicyclic amines) is 1. The summed E-state index contributed by atoms with van der Waals surface area (Å²) < 4.78 is 0. The van der Waals surface area contributed by atoms with Gasteiger partial charge in [-0.05, 0) is 66.5 Å². The molecule has 1 rings (SSSR count). The van der Waals surface area contributed by atoms with Crippen molar-refractivity contribution in [1.29, 1.82) is 0 Å². The highest BCUT2D eigenvalue weighted by molar-refractivity contribution is 4.79. The lowest BCUT2D eigenvalue weighted by Gasteiger charge is -2.36. The molecule has 1 aliphatic rings. The molecule has 0 amide bonds. The molecule has 1 fully saturated rings. The lowest BCUT2D eigenvalue weighted by molar-refractivity contribution is 0.140. The molecule has 0 aromatic heterocycles. The van der Waals surface area contributed by atoms with Crippen molar-refractivity contribution in [3.8, 4) is 0 Å². The average molecular weight is 227 g/mol. The Hall–Kier alpha value is -0.120. The van der Waals surface area contributed by atoms with Crippen LogP contribution < -0.4 is 5.32 Å². The topological polar surface area (TPSA) is 18.5 Å². The van der Waals surface area contributed by atoms with Gasteiger partial charge < -0.3 is 15.1 Å². The van der Waals surface area contributed by atoms with Crippen molar-refractivity contribution in [3.05, 3.63) is 0 Å². The van der Waals surface area contributed by atoms with E-state index in [4.69, 9.17) is 0 Å². The van der Waals surface area contributed by atoms with E-state index < -0.39 is 0 Å². The largest absolute Gasteiger partial charge is 0.314 e. The Morgan fingerprint density at radius 1 is 1.31 bits per heavy atom. The molecule has 0 saturated carbocycles. The number of hydrogen-bond acceptors (Lipinski definition) is 3. The van der Waals surface area contributed by atoms with Gasteiger partial charge in [0.15, 0.2) is 0 Å². The zero-order valence-corrected chi connectivity index (χ0v) is 11.5. The first-order valence-corrected chi connectivity index (χ1v) is 6.75. The molecule has 0 radical (unpaired) electrons. The van der Waals surface area contributed by atoms with Crippen LogP contribution in [0.3, 0.4) is 0 Å². The van der Waals surface area contributed by atoms with Gasteiger partial charge in [0.2, 0.25) is 0 Å². The number of piperidine rings is 1. The van der Waals surface area contributed by atoms with Crippen molar-refractivity contribution in [3.63, 3.8) is 0 Å². The highest BCUT2D eigenvalue weighted by Crippen LogP contribution is 2.14. The summed E-state index contributed by atoms with van der Waals surface area (Å²) in [5, 5.41) is 3.56. The Bertz CT molecular complexity index is 174. The third-order valence-corrected chi connectivity index (χ3v) is 3.64. The zero-order valence-electron chi connectivity index (χ0n) is 11.5. The van der Waals surface area contributed by atoms with Crippen molar-refractivity contribution in [2.45, 2.75) is 45.2 Å². The van der Waals surface area contributed by atoms with Gasteiger partial charge in [0.1, 0.15) is 0 Å². The van der Waals surface area contributed by atoms with Crippen LogP contribution in [0.5, 0.6) is 0 Å². The van der Waals surface area contributed by atoms with E-state index in [-0.39, 0.29) is 0 Å². The smallest absolute Gasteiger partial charge is 0.00912 e. The molecule has 1 atom stereocenters. The third-order valence-electron chi connectivity index (χ3n) is 3.64. The Morgan fingerprint density at radius 3 is 2.44 bits per heavy atom. The second-order valence-electron chi connectivity index (χ2n) is 5.31. The molecule has 3 nitrogen and oxygen atoms in total. The van der Waals surface area contributed by atoms with Gasteiger partial charge in [-0.1, -0.05) is 6.92 Å². The number of rotatable bonds is 6. The summed E-state index contributed by atoms with van der Waals surface area (Å²) in [6.45, 7) is 9.43. The molecular weight excluding hydrogens is 198 g/mol. The maximum Gasteiger partial charge on any atom is 0.00912 e. The van der Waals surface area contributed by atoms with Gasteiger partial charge in [-0.25, -0.2) is 0 Å². The summed E-state index contributed by atoms with van der Waals surface area (Å²) in [6, 6.07) is 1.51. The minimum atomic E-state index is 0.741. The van der Waals surface area contributed by atoms with Crippen molar-refractivity contribution < 1.29 is 0 Å². The highest BCUT2D eigenvalue weighted by atomic mass is 15.2. The molecule has 1 aliphatic heterocycles. The fourth-order valence-electron chi connectivity index (χ4n) is 2.46. The van der Waals surface area contributed by atoms with Crippen LogP contribution in [0.1, 0.15) is 33.1 Å². The van der Waals surface area contributed by atoms with Gasteiger partial charge in [0.25, 0.3) is 0 Å². The van der Waals surface area contributed by atoms with Crippen LogP contribution in [-0.2, 0) is 0 Å². The number of hydrogen-bond donors (Lipinski definition) is 1. The van der Waals surface area contributed by atoms with Gasteiger partial charge in [0.05, 0.1) is 0 Å². The van der Waals surface area contributed by atoms with Crippen LogP contribution in [0.15, 0.2) is 0 Å². The van der Waals surface area contributed by atoms with E-state index in [0.717, 1.165) is 18.6 Å². The summed E-state index contributed by atoms with van der Waals surface area (Å²) in [7, 11) is 4.31. The number of nitrogens with zero attached hydrogens (tertiary/aromatic N) is 2. The predicted molar refractivity (Wildman–Crippen MR) is 70.9 cm³/mol. The van der Waals surface area contributed by atoms with E-state index in [9.17, 15) is 0 Å². The SMILES string of the molecule is CCNC1CCN(C(C)CCN(C)C)CC1. The summed E-state index contributed by atoms with van der Waals surface area (Å²) in [5.41, 5.74) is 0. The van der Waals surface area contributed by atoms with Crippen LogP contribution in [0.2, 0.25) is 0 Å². The maximum absolute atomic E-state index is 3.56. The van der Waals surface area contributed by atoms with Crippen molar-refractivity contribution in [2.24, 2.45) is 0 Å². The predicted octanol–water partition coefficient (Wildman–Crippen LogP) is 1.40. The van der Waals surface area contributed by atoms with E-state index >= 15 is 0 Å². The normalized spacial score (nSPS) is 21.6. The van der Waals surface area contributed by atoms with Crippen LogP contribution in [-0.4, -0.2) is 62.2 Å². The molecule has 16 heavy (non-hydrogen) atoms. The number of nitrogens with one attached hydrogen (secondary N) is 1. The van der Waals surface area contributed by atoms with E-state index in [1.807, 2.05) is 0 Å². The molecule has 1 saturated heterocycles. The lowest BCUT2D eigenvalue weighted by atomic mass is 10.0. The molecule has 3 heteroatoms. The molecule has 1 heterocycles. The van der Waals surface area contributed by atoms with E-state index in [2.05, 4.69) is 43.1 Å². The van der Waals surface area contributed by atoms with Gasteiger partial charge in [0, 0.05) is 12.1 Å². The molecule has 96 valence electrons. The zero-order chi connectivity index (χ0) is 12.0. The van der Waals surface area contributed by atoms with Crippen LogP contribution in [0.4, 0.5) is 0 Å². The average Bonchev–Trinajstić information content (AvgIpc) is 2.27. The molecular formula is C13H29N3. The molecule has 0 aliphatic carbocycles. The molecule has 0 spiro atoms. The van der Waals surface area contributed by atoms with E-state index in [1.165, 1.54) is 38.9 Å². The minimum absolute atomic E-state index is 0.741. The van der Waals surface area contributed by atoms with Crippen molar-refractivity contribution in [1.82, 2.24) is 15.1 Å². The molecule has 1 N–H and O–H groups in total. The van der Waals surface area contributed by atoms with E-state index in [1.54, 1.807) is 0 Å². The third kappa shape index (κ3) is 4.81. The van der Waals surface area contributed by atoms with Crippen molar-refractivity contribution in [2.75, 3.05) is 40.3 Å². The van der Waals surface area contributed by atoms with Crippen LogP contribution >= 0.6 is 0 Å². The monoisotopic (exact) mass is 227 g/mol. The standard InChI is InChI=1S/C13H29N3/c1-5-14-13-7-10-16(11-8-13)12(2)6-9-15(3)4/h12-14H,5-11H2,1-4H3. The second kappa shape index (κ2) is 7.25. The first-order valence-electron chi connectivity index (χ1n) is 6.75. The highest BCUT2D eigenvalue weighted by Gasteiger charge is 2.21. The first-order chi connectivity index (χ1) is 7.63. The first kappa shape index (κ1) is 13.9. The Labute approximate surface area is 101 Å². The van der Waals surface area contributed by atoms with Gasteiger partial charge in [-0.3, -0.25) is 0 Å². The summed E-state index contributed by atoms with van der Waals surface area (Å²) in [5.74, 6) is 0. The summed E-state index contributed by atoms with van der Waals surface area (Å²) in [6.07, 6.45) is 3.93. The van der Waals surface area contributed by atoms with Crippen LogP contribution in [0, 0.1) is 0 Å². The van der Waals surface area contributed by atoms with Crippen molar-refractivity contribution >= 4 is 0 Å². The molecule has 0 aromatic carbocycles. The van der Waals surface area contributed by atoms with E-state index in [0.29, 0.717) is 0 Å². The maximum atomic E-state index is 3.56. The minimum Gasteiger partial charge on any atom is -0.314 e. The molecule has 1 unspecified atom stereocenters. The summed E-state index contributed by atoms with van der Waals surface area (Å²) >= 11 is 0. The lowest BCUT2D eigenvalue weighted by Crippen LogP contribution is -2.46.